The van der Waals surface area contributed by atoms with Gasteiger partial charge in [-0.05, 0) is 23.5 Å². The summed E-state index contributed by atoms with van der Waals surface area (Å²) < 4.78 is 13.2. The van der Waals surface area contributed by atoms with E-state index in [4.69, 9.17) is 0 Å². The van der Waals surface area contributed by atoms with Gasteiger partial charge in [-0.15, -0.1) is 0 Å². The quantitative estimate of drug-likeness (QED) is 0.786. The molecule has 0 aliphatic carbocycles. The van der Waals surface area contributed by atoms with Gasteiger partial charge in [-0.1, -0.05) is 32.9 Å². The normalized spacial score (nSPS) is 13.5. The SMILES string of the molecule is Cn1ccc2c(C(=O)CCCS(C)=O)ccc(C(C)(C)C)c21. The zero-order valence-corrected chi connectivity index (χ0v) is 14.9. The Balaban J connectivity index is 2.41. The van der Waals surface area contributed by atoms with Crippen LogP contribution in [0.4, 0.5) is 0 Å². The molecule has 1 unspecified atom stereocenters. The Kier molecular flexibility index (Phi) is 4.90. The van der Waals surface area contributed by atoms with Crippen LogP contribution in [0, 0.1) is 0 Å². The van der Waals surface area contributed by atoms with Crippen LogP contribution in [0.5, 0.6) is 0 Å². The van der Waals surface area contributed by atoms with Crippen molar-refractivity contribution in [3.63, 3.8) is 0 Å². The van der Waals surface area contributed by atoms with E-state index in [1.165, 1.54) is 5.56 Å². The molecule has 2 rings (SSSR count). The van der Waals surface area contributed by atoms with Crippen molar-refractivity contribution in [3.05, 3.63) is 35.5 Å². The molecule has 1 heterocycles. The summed E-state index contributed by atoms with van der Waals surface area (Å²) in [5.74, 6) is 0.728. The number of Topliss-reactive ketones (excluding diaryl/α,β-unsaturated/α-hetero) is 1. The Labute approximate surface area is 135 Å². The molecule has 4 heteroatoms. The van der Waals surface area contributed by atoms with Crippen molar-refractivity contribution in [1.82, 2.24) is 4.57 Å². The van der Waals surface area contributed by atoms with Crippen LogP contribution in [0.1, 0.15) is 49.5 Å². The molecule has 0 radical (unpaired) electrons. The number of carbonyl (C=O) groups excluding carboxylic acids is 1. The lowest BCUT2D eigenvalue weighted by molar-refractivity contribution is 0.0983. The number of benzene rings is 1. The molecule has 120 valence electrons. The molecule has 1 aromatic carbocycles. The number of ketones is 1. The van der Waals surface area contributed by atoms with Crippen molar-refractivity contribution >= 4 is 27.5 Å². The zero-order chi connectivity index (χ0) is 16.5. The molecule has 1 aromatic heterocycles. The van der Waals surface area contributed by atoms with Crippen molar-refractivity contribution in [2.45, 2.75) is 39.0 Å². The van der Waals surface area contributed by atoms with E-state index in [0.29, 0.717) is 18.6 Å². The third-order valence-corrected chi connectivity index (χ3v) is 4.84. The summed E-state index contributed by atoms with van der Waals surface area (Å²) in [5, 5.41) is 1.03. The predicted octanol–water partition coefficient (Wildman–Crippen LogP) is 3.82. The van der Waals surface area contributed by atoms with Crippen LogP contribution < -0.4 is 0 Å². The summed E-state index contributed by atoms with van der Waals surface area (Å²) in [4.78, 5) is 12.5. The van der Waals surface area contributed by atoms with Gasteiger partial charge in [0.05, 0.1) is 5.52 Å². The Bertz CT molecular complexity index is 722. The molecule has 0 saturated carbocycles. The van der Waals surface area contributed by atoms with Crippen LogP contribution in [0.2, 0.25) is 0 Å². The second-order valence-corrected chi connectivity index (χ2v) is 8.46. The smallest absolute Gasteiger partial charge is 0.163 e. The molecule has 0 aliphatic heterocycles. The maximum Gasteiger partial charge on any atom is 0.163 e. The van der Waals surface area contributed by atoms with Gasteiger partial charge in [-0.2, -0.15) is 0 Å². The van der Waals surface area contributed by atoms with Crippen molar-refractivity contribution in [2.24, 2.45) is 7.05 Å². The molecule has 22 heavy (non-hydrogen) atoms. The maximum absolute atomic E-state index is 12.5. The molecule has 0 saturated heterocycles. The van der Waals surface area contributed by atoms with E-state index in [9.17, 15) is 9.00 Å². The topological polar surface area (TPSA) is 39.1 Å². The fourth-order valence-electron chi connectivity index (χ4n) is 2.84. The minimum absolute atomic E-state index is 0.0328. The van der Waals surface area contributed by atoms with Crippen LogP contribution in [0.15, 0.2) is 24.4 Å². The largest absolute Gasteiger partial charge is 0.350 e. The first kappa shape index (κ1) is 16.9. The monoisotopic (exact) mass is 319 g/mol. The maximum atomic E-state index is 12.5. The van der Waals surface area contributed by atoms with Gasteiger partial charge in [0, 0.05) is 53.4 Å². The summed E-state index contributed by atoms with van der Waals surface area (Å²) in [6.45, 7) is 6.56. The number of carbonyl (C=O) groups is 1. The van der Waals surface area contributed by atoms with E-state index in [2.05, 4.69) is 31.4 Å². The number of hydrogen-bond donors (Lipinski definition) is 0. The van der Waals surface area contributed by atoms with E-state index in [-0.39, 0.29) is 11.2 Å². The molecule has 0 amide bonds. The molecule has 0 bridgehead atoms. The zero-order valence-electron chi connectivity index (χ0n) is 14.1. The number of fused-ring (bicyclic) bond motifs is 1. The van der Waals surface area contributed by atoms with Gasteiger partial charge in [0.25, 0.3) is 0 Å². The fourth-order valence-corrected chi connectivity index (χ4v) is 3.39. The van der Waals surface area contributed by atoms with Crippen molar-refractivity contribution in [1.29, 1.82) is 0 Å². The minimum atomic E-state index is -0.833. The standard InChI is InChI=1S/C18H25NO2S/c1-18(2,3)15-9-8-13(14-10-11-19(4)17(14)15)16(20)7-6-12-22(5)21/h8-11H,6-7,12H2,1-5H3. The van der Waals surface area contributed by atoms with Crippen LogP contribution in [0.3, 0.4) is 0 Å². The molecule has 1 atom stereocenters. The van der Waals surface area contributed by atoms with Gasteiger partial charge < -0.3 is 4.57 Å². The Morgan fingerprint density at radius 2 is 1.91 bits per heavy atom. The Morgan fingerprint density at radius 1 is 1.23 bits per heavy atom. The second kappa shape index (κ2) is 6.37. The predicted molar refractivity (Wildman–Crippen MR) is 94.1 cm³/mol. The summed E-state index contributed by atoms with van der Waals surface area (Å²) in [6.07, 6.45) is 4.82. The first-order chi connectivity index (χ1) is 10.2. The first-order valence-electron chi connectivity index (χ1n) is 7.63. The van der Waals surface area contributed by atoms with Crippen LogP contribution in [0.25, 0.3) is 10.9 Å². The van der Waals surface area contributed by atoms with Crippen LogP contribution in [-0.4, -0.2) is 26.6 Å². The van der Waals surface area contributed by atoms with Crippen molar-refractivity contribution < 1.29 is 9.00 Å². The van der Waals surface area contributed by atoms with Gasteiger partial charge in [0.15, 0.2) is 5.78 Å². The summed E-state index contributed by atoms with van der Waals surface area (Å²) >= 11 is 0. The van der Waals surface area contributed by atoms with Crippen LogP contribution in [-0.2, 0) is 23.3 Å². The Hall–Kier alpha value is -1.42. The van der Waals surface area contributed by atoms with Crippen LogP contribution >= 0.6 is 0 Å². The van der Waals surface area contributed by atoms with E-state index >= 15 is 0 Å². The first-order valence-corrected chi connectivity index (χ1v) is 9.36. The summed E-state index contributed by atoms with van der Waals surface area (Å²) in [7, 11) is 1.19. The van der Waals surface area contributed by atoms with Crippen molar-refractivity contribution in [2.75, 3.05) is 12.0 Å². The highest BCUT2D eigenvalue weighted by Gasteiger charge is 2.21. The van der Waals surface area contributed by atoms with E-state index < -0.39 is 10.8 Å². The second-order valence-electron chi connectivity index (χ2n) is 6.90. The number of rotatable bonds is 5. The molecule has 2 aromatic rings. The number of nitrogens with zero attached hydrogens (tertiary/aromatic N) is 1. The molecule has 0 spiro atoms. The van der Waals surface area contributed by atoms with Gasteiger partial charge in [-0.25, -0.2) is 0 Å². The third kappa shape index (κ3) is 3.49. The number of aromatic nitrogens is 1. The molecule has 3 nitrogen and oxygen atoms in total. The molecule has 0 aliphatic rings. The highest BCUT2D eigenvalue weighted by Crippen LogP contribution is 2.32. The number of hydrogen-bond acceptors (Lipinski definition) is 2. The molecule has 0 N–H and O–H groups in total. The average Bonchev–Trinajstić information content (AvgIpc) is 2.78. The lowest BCUT2D eigenvalue weighted by Gasteiger charge is -2.22. The third-order valence-electron chi connectivity index (χ3n) is 3.98. The highest BCUT2D eigenvalue weighted by molar-refractivity contribution is 7.84. The van der Waals surface area contributed by atoms with Gasteiger partial charge in [0.1, 0.15) is 0 Å². The van der Waals surface area contributed by atoms with Gasteiger partial charge in [0.2, 0.25) is 0 Å². The lowest BCUT2D eigenvalue weighted by Crippen LogP contribution is -2.14. The van der Waals surface area contributed by atoms with E-state index in [0.717, 1.165) is 16.5 Å². The Morgan fingerprint density at radius 3 is 2.50 bits per heavy atom. The van der Waals surface area contributed by atoms with Gasteiger partial charge in [-0.3, -0.25) is 9.00 Å². The van der Waals surface area contributed by atoms with E-state index in [1.54, 1.807) is 6.26 Å². The summed E-state index contributed by atoms with van der Waals surface area (Å²) in [5.41, 5.74) is 3.20. The number of aryl methyl sites for hydroxylation is 1. The molecule has 0 fully saturated rings. The summed E-state index contributed by atoms with van der Waals surface area (Å²) in [6, 6.07) is 6.05. The van der Waals surface area contributed by atoms with E-state index in [1.807, 2.05) is 25.4 Å². The van der Waals surface area contributed by atoms with Gasteiger partial charge >= 0.3 is 0 Å². The average molecular weight is 319 g/mol. The lowest BCUT2D eigenvalue weighted by atomic mass is 9.84. The minimum Gasteiger partial charge on any atom is -0.350 e. The molecular weight excluding hydrogens is 294 g/mol. The highest BCUT2D eigenvalue weighted by atomic mass is 32.2. The fraction of sp³-hybridized carbons (Fsp3) is 0.500. The molecular formula is C18H25NO2S. The van der Waals surface area contributed by atoms with Crippen molar-refractivity contribution in [3.8, 4) is 0 Å².